The molecular formula is C11H12ClIN4. The Hall–Kier alpha value is -0.690. The number of halogens is 2. The van der Waals surface area contributed by atoms with Crippen molar-refractivity contribution in [2.24, 2.45) is 0 Å². The van der Waals surface area contributed by atoms with Gasteiger partial charge >= 0.3 is 0 Å². The van der Waals surface area contributed by atoms with Gasteiger partial charge in [0.1, 0.15) is 11.0 Å². The van der Waals surface area contributed by atoms with Crippen LogP contribution in [0.25, 0.3) is 5.82 Å². The molecule has 0 bridgehead atoms. The molecule has 90 valence electrons. The molecule has 0 unspecified atom stereocenters. The van der Waals surface area contributed by atoms with Gasteiger partial charge in [-0.15, -0.1) is 0 Å². The smallest absolute Gasteiger partial charge is 0.161 e. The summed E-state index contributed by atoms with van der Waals surface area (Å²) in [6.45, 7) is 5.98. The molecule has 2 aromatic heterocycles. The lowest BCUT2D eigenvalue weighted by atomic mass is 10.2. The van der Waals surface area contributed by atoms with Crippen LogP contribution in [-0.4, -0.2) is 19.7 Å². The second-order valence-electron chi connectivity index (χ2n) is 4.08. The molecular weight excluding hydrogens is 351 g/mol. The van der Waals surface area contributed by atoms with Crippen LogP contribution >= 0.6 is 34.2 Å². The Bertz CT molecular complexity index is 550. The fourth-order valence-electron chi connectivity index (χ4n) is 1.39. The maximum atomic E-state index is 6.13. The van der Waals surface area contributed by atoms with Gasteiger partial charge in [0.25, 0.3) is 0 Å². The van der Waals surface area contributed by atoms with E-state index in [2.05, 4.69) is 37.7 Å². The average molecular weight is 363 g/mol. The molecule has 0 atom stereocenters. The fourth-order valence-corrected chi connectivity index (χ4v) is 1.95. The van der Waals surface area contributed by atoms with Gasteiger partial charge in [0, 0.05) is 17.7 Å². The largest absolute Gasteiger partial charge is 0.221 e. The molecule has 0 saturated carbocycles. The van der Waals surface area contributed by atoms with Gasteiger partial charge < -0.3 is 0 Å². The van der Waals surface area contributed by atoms with Crippen molar-refractivity contribution < 1.29 is 0 Å². The number of rotatable bonds is 2. The molecule has 0 aliphatic rings. The van der Waals surface area contributed by atoms with Crippen molar-refractivity contribution in [1.82, 2.24) is 19.7 Å². The normalized spacial score (nSPS) is 11.2. The van der Waals surface area contributed by atoms with E-state index in [4.69, 9.17) is 11.6 Å². The van der Waals surface area contributed by atoms with Gasteiger partial charge in [-0.3, -0.25) is 0 Å². The monoisotopic (exact) mass is 362 g/mol. The molecule has 0 N–H and O–H groups in total. The van der Waals surface area contributed by atoms with E-state index in [0.29, 0.717) is 5.15 Å². The Labute approximate surface area is 119 Å². The fraction of sp³-hybridized carbons (Fsp3) is 0.364. The van der Waals surface area contributed by atoms with Crippen molar-refractivity contribution in [3.63, 3.8) is 0 Å². The van der Waals surface area contributed by atoms with Crippen molar-refractivity contribution >= 4 is 34.2 Å². The average Bonchev–Trinajstić information content (AvgIpc) is 2.68. The number of hydrogen-bond donors (Lipinski definition) is 0. The van der Waals surface area contributed by atoms with Gasteiger partial charge in [-0.2, -0.15) is 5.10 Å². The number of hydrogen-bond acceptors (Lipinski definition) is 3. The summed E-state index contributed by atoms with van der Waals surface area (Å²) in [6, 6.07) is 0. The zero-order chi connectivity index (χ0) is 12.6. The Kier molecular flexibility index (Phi) is 3.67. The van der Waals surface area contributed by atoms with Crippen LogP contribution in [0.4, 0.5) is 0 Å². The maximum Gasteiger partial charge on any atom is 0.161 e. The minimum Gasteiger partial charge on any atom is -0.221 e. The SMILES string of the molecule is Cc1c(Cl)nc(C(C)C)nc1-n1cc(I)cn1. The lowest BCUT2D eigenvalue weighted by molar-refractivity contribution is 0.740. The molecule has 17 heavy (non-hydrogen) atoms. The third-order valence-corrected chi connectivity index (χ3v) is 3.29. The Morgan fingerprint density at radius 2 is 2.06 bits per heavy atom. The van der Waals surface area contributed by atoms with Crippen molar-refractivity contribution in [2.75, 3.05) is 0 Å². The van der Waals surface area contributed by atoms with Gasteiger partial charge in [0.15, 0.2) is 5.82 Å². The Balaban J connectivity index is 2.60. The molecule has 2 heterocycles. The van der Waals surface area contributed by atoms with Crippen LogP contribution in [0.1, 0.15) is 31.2 Å². The molecule has 0 fully saturated rings. The highest BCUT2D eigenvalue weighted by Crippen LogP contribution is 2.22. The number of nitrogens with zero attached hydrogens (tertiary/aromatic N) is 4. The zero-order valence-electron chi connectivity index (χ0n) is 9.78. The summed E-state index contributed by atoms with van der Waals surface area (Å²) in [5, 5.41) is 4.74. The standard InChI is InChI=1S/C11H12ClIN4/c1-6(2)10-15-9(12)7(3)11(16-10)17-5-8(13)4-14-17/h4-6H,1-3H3. The highest BCUT2D eigenvalue weighted by molar-refractivity contribution is 14.1. The lowest BCUT2D eigenvalue weighted by Crippen LogP contribution is -2.08. The van der Waals surface area contributed by atoms with E-state index in [1.807, 2.05) is 27.0 Å². The summed E-state index contributed by atoms with van der Waals surface area (Å²) < 4.78 is 2.79. The second kappa shape index (κ2) is 4.89. The molecule has 0 aliphatic heterocycles. The molecule has 2 rings (SSSR count). The summed E-state index contributed by atoms with van der Waals surface area (Å²) in [6.07, 6.45) is 3.70. The van der Waals surface area contributed by atoms with Crippen LogP contribution in [0, 0.1) is 10.5 Å². The summed E-state index contributed by atoms with van der Waals surface area (Å²) >= 11 is 8.34. The van der Waals surface area contributed by atoms with E-state index in [1.165, 1.54) is 0 Å². The molecule has 0 saturated heterocycles. The van der Waals surface area contributed by atoms with Crippen molar-refractivity contribution in [3.05, 3.63) is 32.5 Å². The number of aromatic nitrogens is 4. The van der Waals surface area contributed by atoms with Crippen LogP contribution in [0.5, 0.6) is 0 Å². The third-order valence-electron chi connectivity index (χ3n) is 2.36. The highest BCUT2D eigenvalue weighted by Gasteiger charge is 2.13. The van der Waals surface area contributed by atoms with Gasteiger partial charge in [-0.05, 0) is 29.5 Å². The molecule has 0 amide bonds. The predicted octanol–water partition coefficient (Wildman–Crippen LogP) is 3.35. The first-order chi connectivity index (χ1) is 7.99. The molecule has 0 radical (unpaired) electrons. The highest BCUT2D eigenvalue weighted by atomic mass is 127. The first-order valence-electron chi connectivity index (χ1n) is 5.23. The third kappa shape index (κ3) is 2.60. The molecule has 2 aromatic rings. The van der Waals surface area contributed by atoms with Crippen molar-refractivity contribution in [1.29, 1.82) is 0 Å². The van der Waals surface area contributed by atoms with Crippen LogP contribution in [0.2, 0.25) is 5.15 Å². The second-order valence-corrected chi connectivity index (χ2v) is 5.68. The summed E-state index contributed by atoms with van der Waals surface area (Å²) in [7, 11) is 0. The zero-order valence-corrected chi connectivity index (χ0v) is 12.7. The predicted molar refractivity (Wildman–Crippen MR) is 75.7 cm³/mol. The van der Waals surface area contributed by atoms with Crippen molar-refractivity contribution in [2.45, 2.75) is 26.7 Å². The Morgan fingerprint density at radius 3 is 2.59 bits per heavy atom. The minimum atomic E-state index is 0.237. The summed E-state index contributed by atoms with van der Waals surface area (Å²) in [4.78, 5) is 8.79. The summed E-state index contributed by atoms with van der Waals surface area (Å²) in [5.74, 6) is 1.72. The van der Waals surface area contributed by atoms with E-state index in [-0.39, 0.29) is 5.92 Å². The van der Waals surface area contributed by atoms with Gasteiger partial charge in [0.2, 0.25) is 0 Å². The van der Waals surface area contributed by atoms with E-state index in [0.717, 1.165) is 20.8 Å². The lowest BCUT2D eigenvalue weighted by Gasteiger charge is -2.10. The first-order valence-corrected chi connectivity index (χ1v) is 6.69. The van der Waals surface area contributed by atoms with E-state index in [9.17, 15) is 0 Å². The van der Waals surface area contributed by atoms with E-state index in [1.54, 1.807) is 10.9 Å². The Morgan fingerprint density at radius 1 is 1.35 bits per heavy atom. The summed E-state index contributed by atoms with van der Waals surface area (Å²) in [5.41, 5.74) is 0.843. The van der Waals surface area contributed by atoms with Crippen molar-refractivity contribution in [3.8, 4) is 5.82 Å². The van der Waals surface area contributed by atoms with E-state index < -0.39 is 0 Å². The van der Waals surface area contributed by atoms with Crippen LogP contribution < -0.4 is 0 Å². The molecule has 6 heteroatoms. The van der Waals surface area contributed by atoms with E-state index >= 15 is 0 Å². The first kappa shape index (κ1) is 12.8. The minimum absolute atomic E-state index is 0.237. The van der Waals surface area contributed by atoms with Crippen LogP contribution in [-0.2, 0) is 0 Å². The van der Waals surface area contributed by atoms with Gasteiger partial charge in [0.05, 0.1) is 9.77 Å². The van der Waals surface area contributed by atoms with Gasteiger partial charge in [-0.25, -0.2) is 14.6 Å². The molecule has 0 spiro atoms. The maximum absolute atomic E-state index is 6.13. The topological polar surface area (TPSA) is 43.6 Å². The quantitative estimate of drug-likeness (QED) is 0.608. The van der Waals surface area contributed by atoms with Crippen LogP contribution in [0.3, 0.4) is 0 Å². The molecule has 0 aliphatic carbocycles. The van der Waals surface area contributed by atoms with Crippen LogP contribution in [0.15, 0.2) is 12.4 Å². The van der Waals surface area contributed by atoms with Gasteiger partial charge in [-0.1, -0.05) is 25.4 Å². The molecule has 0 aromatic carbocycles. The molecule has 4 nitrogen and oxygen atoms in total.